The van der Waals surface area contributed by atoms with E-state index < -0.39 is 0 Å². The van der Waals surface area contributed by atoms with Gasteiger partial charge in [0.15, 0.2) is 5.82 Å². The Hall–Kier alpha value is -2.66. The van der Waals surface area contributed by atoms with Crippen LogP contribution in [0, 0.1) is 0 Å². The molecule has 5 nitrogen and oxygen atoms in total. The monoisotopic (exact) mass is 352 g/mol. The van der Waals surface area contributed by atoms with E-state index in [1.54, 1.807) is 4.57 Å². The van der Waals surface area contributed by atoms with E-state index in [4.69, 9.17) is 9.72 Å². The highest BCUT2D eigenvalue weighted by molar-refractivity contribution is 5.78. The average Bonchev–Trinajstić information content (AvgIpc) is 2.67. The number of hydrogen-bond donors (Lipinski definition) is 1. The van der Waals surface area contributed by atoms with Crippen molar-refractivity contribution in [2.45, 2.75) is 33.2 Å². The van der Waals surface area contributed by atoms with Gasteiger partial charge >= 0.3 is 0 Å². The van der Waals surface area contributed by atoms with Gasteiger partial charge in [-0.15, -0.1) is 0 Å². The van der Waals surface area contributed by atoms with Crippen LogP contribution in [0.1, 0.15) is 39.1 Å². The molecule has 2 N–H and O–H groups in total. The molecule has 1 aromatic heterocycles. The molecular weight excluding hydrogens is 326 g/mol. The van der Waals surface area contributed by atoms with Crippen LogP contribution in [0.4, 0.5) is 0 Å². The Morgan fingerprint density at radius 1 is 1.12 bits per heavy atom. The molecule has 0 aliphatic heterocycles. The van der Waals surface area contributed by atoms with Crippen LogP contribution in [0.2, 0.25) is 0 Å². The molecule has 0 fully saturated rings. The second-order valence-corrected chi connectivity index (χ2v) is 6.34. The van der Waals surface area contributed by atoms with Crippen LogP contribution >= 0.6 is 0 Å². The van der Waals surface area contributed by atoms with Crippen molar-refractivity contribution < 1.29 is 10.1 Å². The summed E-state index contributed by atoms with van der Waals surface area (Å²) >= 11 is 0. The van der Waals surface area contributed by atoms with E-state index in [9.17, 15) is 4.79 Å². The summed E-state index contributed by atoms with van der Waals surface area (Å²) in [6, 6.07) is 15.2. The van der Waals surface area contributed by atoms with Crippen LogP contribution in [-0.4, -0.2) is 22.7 Å². The number of rotatable bonds is 7. The van der Waals surface area contributed by atoms with Gasteiger partial charge in [-0.3, -0.25) is 9.36 Å². The van der Waals surface area contributed by atoms with E-state index >= 15 is 0 Å². The number of nitrogens with two attached hydrogens (primary N) is 1. The van der Waals surface area contributed by atoms with Crippen molar-refractivity contribution in [1.82, 2.24) is 9.55 Å². The molecule has 0 radical (unpaired) electrons. The Morgan fingerprint density at radius 3 is 2.62 bits per heavy atom. The molecule has 0 aliphatic rings. The van der Waals surface area contributed by atoms with Crippen molar-refractivity contribution in [3.8, 4) is 11.4 Å². The lowest BCUT2D eigenvalue weighted by molar-refractivity contribution is -0.693. The van der Waals surface area contributed by atoms with E-state index in [0.29, 0.717) is 17.7 Å². The van der Waals surface area contributed by atoms with Gasteiger partial charge in [0.2, 0.25) is 0 Å². The minimum Gasteiger partial charge on any atom is -0.492 e. The van der Waals surface area contributed by atoms with E-state index in [-0.39, 0.29) is 11.6 Å². The number of ether oxygens (including phenoxy) is 1. The fourth-order valence-electron chi connectivity index (χ4n) is 3.13. The summed E-state index contributed by atoms with van der Waals surface area (Å²) in [5.41, 5.74) is 1.41. The maximum atomic E-state index is 13.3. The van der Waals surface area contributed by atoms with Gasteiger partial charge in [0, 0.05) is 0 Å². The number of aromatic nitrogens is 2. The summed E-state index contributed by atoms with van der Waals surface area (Å²) in [7, 11) is 0. The second kappa shape index (κ2) is 8.15. The Kier molecular flexibility index (Phi) is 5.68. The van der Waals surface area contributed by atoms with Crippen molar-refractivity contribution in [2.75, 3.05) is 13.2 Å². The number of benzene rings is 2. The third-order valence-electron chi connectivity index (χ3n) is 4.42. The zero-order valence-corrected chi connectivity index (χ0v) is 15.6. The van der Waals surface area contributed by atoms with Gasteiger partial charge in [0.05, 0.1) is 29.7 Å². The predicted molar refractivity (Wildman–Crippen MR) is 104 cm³/mol. The quantitative estimate of drug-likeness (QED) is 0.711. The first kappa shape index (κ1) is 18.1. The van der Waals surface area contributed by atoms with Gasteiger partial charge in [-0.25, -0.2) is 4.98 Å². The van der Waals surface area contributed by atoms with Gasteiger partial charge in [-0.1, -0.05) is 31.2 Å². The van der Waals surface area contributed by atoms with Crippen LogP contribution in [0.15, 0.2) is 53.3 Å². The summed E-state index contributed by atoms with van der Waals surface area (Å²) in [6.45, 7) is 7.70. The van der Waals surface area contributed by atoms with E-state index in [1.165, 1.54) is 0 Å². The first-order valence-corrected chi connectivity index (χ1v) is 9.24. The first-order chi connectivity index (χ1) is 12.7. The molecule has 26 heavy (non-hydrogen) atoms. The lowest BCUT2D eigenvalue weighted by Gasteiger charge is -2.19. The zero-order chi connectivity index (χ0) is 18.5. The number of hydrogen-bond acceptors (Lipinski definition) is 3. The molecule has 136 valence electrons. The van der Waals surface area contributed by atoms with Crippen molar-refractivity contribution in [3.63, 3.8) is 0 Å². The van der Waals surface area contributed by atoms with Gasteiger partial charge in [0.25, 0.3) is 5.56 Å². The number of nitrogens with zero attached hydrogens (tertiary/aromatic N) is 2. The fraction of sp³-hybridized carbons (Fsp3) is 0.333. The topological polar surface area (TPSA) is 60.7 Å². The molecule has 2 aromatic carbocycles. The minimum absolute atomic E-state index is 0.0574. The standard InChI is InChI=1S/C21H25N3O2/c1-4-14-22-15(3)20-23-17-11-7-6-10-16(17)21(25)24(20)18-12-8-9-13-19(18)26-5-2/h6-13,15,22H,4-5,14H2,1-3H3/p+1/t15-/m1/s1. The maximum Gasteiger partial charge on any atom is 0.266 e. The molecule has 0 saturated carbocycles. The predicted octanol–water partition coefficient (Wildman–Crippen LogP) is 2.82. The Labute approximate surface area is 153 Å². The Morgan fingerprint density at radius 2 is 1.85 bits per heavy atom. The Balaban J connectivity index is 2.28. The SMILES string of the molecule is CCC[NH2+][C@H](C)c1nc2ccccc2c(=O)n1-c1ccccc1OCC. The smallest absolute Gasteiger partial charge is 0.266 e. The van der Waals surface area contributed by atoms with Gasteiger partial charge in [0.1, 0.15) is 11.8 Å². The van der Waals surface area contributed by atoms with Crippen LogP contribution in [0.25, 0.3) is 16.6 Å². The molecule has 0 bridgehead atoms. The minimum atomic E-state index is -0.0606. The van der Waals surface area contributed by atoms with Crippen LogP contribution in [0.5, 0.6) is 5.75 Å². The number of para-hydroxylation sites is 3. The molecule has 0 amide bonds. The number of quaternary nitrogens is 1. The van der Waals surface area contributed by atoms with Crippen molar-refractivity contribution in [1.29, 1.82) is 0 Å². The average molecular weight is 352 g/mol. The molecule has 0 saturated heterocycles. The first-order valence-electron chi connectivity index (χ1n) is 9.24. The second-order valence-electron chi connectivity index (χ2n) is 6.34. The third kappa shape index (κ3) is 3.48. The molecule has 3 aromatic rings. The van der Waals surface area contributed by atoms with E-state index in [0.717, 1.165) is 30.0 Å². The lowest BCUT2D eigenvalue weighted by atomic mass is 10.2. The summed E-state index contributed by atoms with van der Waals surface area (Å²) < 4.78 is 7.49. The largest absolute Gasteiger partial charge is 0.492 e. The summed E-state index contributed by atoms with van der Waals surface area (Å²) in [6.07, 6.45) is 1.07. The van der Waals surface area contributed by atoms with Crippen LogP contribution in [0.3, 0.4) is 0 Å². The highest BCUT2D eigenvalue weighted by Crippen LogP contribution is 2.24. The van der Waals surface area contributed by atoms with Crippen LogP contribution in [-0.2, 0) is 0 Å². The van der Waals surface area contributed by atoms with Gasteiger partial charge < -0.3 is 10.1 Å². The van der Waals surface area contributed by atoms with Crippen LogP contribution < -0.4 is 15.6 Å². The van der Waals surface area contributed by atoms with E-state index in [1.807, 2.05) is 55.5 Å². The lowest BCUT2D eigenvalue weighted by Crippen LogP contribution is -2.85. The zero-order valence-electron chi connectivity index (χ0n) is 15.6. The highest BCUT2D eigenvalue weighted by Gasteiger charge is 2.21. The van der Waals surface area contributed by atoms with Crippen molar-refractivity contribution in [3.05, 3.63) is 64.7 Å². The van der Waals surface area contributed by atoms with E-state index in [2.05, 4.69) is 19.2 Å². The third-order valence-corrected chi connectivity index (χ3v) is 4.42. The van der Waals surface area contributed by atoms with Crippen molar-refractivity contribution in [2.24, 2.45) is 0 Å². The Bertz CT molecular complexity index is 949. The molecular formula is C21H26N3O2+. The fourth-order valence-corrected chi connectivity index (χ4v) is 3.13. The molecule has 1 heterocycles. The molecule has 3 rings (SSSR count). The molecule has 0 spiro atoms. The summed E-state index contributed by atoms with van der Waals surface area (Å²) in [5.74, 6) is 1.44. The highest BCUT2D eigenvalue weighted by atomic mass is 16.5. The summed E-state index contributed by atoms with van der Waals surface area (Å²) in [4.78, 5) is 18.2. The molecule has 1 atom stereocenters. The van der Waals surface area contributed by atoms with Crippen molar-refractivity contribution >= 4 is 10.9 Å². The van der Waals surface area contributed by atoms with Gasteiger partial charge in [-0.05, 0) is 44.5 Å². The van der Waals surface area contributed by atoms with Gasteiger partial charge in [-0.2, -0.15) is 0 Å². The number of fused-ring (bicyclic) bond motifs is 1. The molecule has 0 aliphatic carbocycles. The normalized spacial score (nSPS) is 12.3. The molecule has 0 unspecified atom stereocenters. The molecule has 5 heteroatoms. The summed E-state index contributed by atoms with van der Waals surface area (Å²) in [5, 5.41) is 2.83. The maximum absolute atomic E-state index is 13.3.